The van der Waals surface area contributed by atoms with Crippen molar-refractivity contribution in [2.24, 2.45) is 0 Å². The zero-order chi connectivity index (χ0) is 10.8. The summed E-state index contributed by atoms with van der Waals surface area (Å²) in [5, 5.41) is 0. The molecule has 15 heavy (non-hydrogen) atoms. The van der Waals surface area contributed by atoms with E-state index < -0.39 is 0 Å². The van der Waals surface area contributed by atoms with E-state index in [4.69, 9.17) is 4.42 Å². The van der Waals surface area contributed by atoms with Gasteiger partial charge in [-0.15, -0.1) is 0 Å². The minimum Gasteiger partial charge on any atom is -0.441 e. The first-order valence-corrected chi connectivity index (χ1v) is 5.15. The van der Waals surface area contributed by atoms with E-state index in [0.717, 1.165) is 23.4 Å². The van der Waals surface area contributed by atoms with Gasteiger partial charge in [-0.05, 0) is 33.3 Å². The van der Waals surface area contributed by atoms with Crippen LogP contribution in [0.5, 0.6) is 0 Å². The van der Waals surface area contributed by atoms with Crippen LogP contribution in [0.15, 0.2) is 34.3 Å². The maximum atomic E-state index is 5.58. The quantitative estimate of drug-likeness (QED) is 0.694. The van der Waals surface area contributed by atoms with E-state index >= 15 is 0 Å². The molecule has 0 aliphatic heterocycles. The Morgan fingerprint density at radius 3 is 2.67 bits per heavy atom. The molecule has 1 aliphatic carbocycles. The predicted molar refractivity (Wildman–Crippen MR) is 61.5 cm³/mol. The van der Waals surface area contributed by atoms with E-state index in [0.29, 0.717) is 5.89 Å². The highest BCUT2D eigenvalue weighted by molar-refractivity contribution is 5.71. The maximum Gasteiger partial charge on any atom is 0.226 e. The molecule has 0 amide bonds. The molecular weight excluding hydrogens is 186 g/mol. The summed E-state index contributed by atoms with van der Waals surface area (Å²) >= 11 is 0. The molecular formula is C13H15NO. The first-order chi connectivity index (χ1) is 7.16. The predicted octanol–water partition coefficient (Wildman–Crippen LogP) is 3.58. The van der Waals surface area contributed by atoms with E-state index in [1.54, 1.807) is 0 Å². The lowest BCUT2D eigenvalue weighted by Crippen LogP contribution is -1.80. The summed E-state index contributed by atoms with van der Waals surface area (Å²) in [6.07, 6.45) is 9.38. The van der Waals surface area contributed by atoms with Crippen LogP contribution >= 0.6 is 0 Å². The van der Waals surface area contributed by atoms with Crippen LogP contribution in [0.3, 0.4) is 0 Å². The Kier molecular flexibility index (Phi) is 2.58. The van der Waals surface area contributed by atoms with Crippen molar-refractivity contribution < 1.29 is 4.42 Å². The van der Waals surface area contributed by atoms with E-state index in [2.05, 4.69) is 36.2 Å². The molecule has 0 saturated carbocycles. The van der Waals surface area contributed by atoms with Gasteiger partial charge in [-0.1, -0.05) is 23.8 Å². The normalized spacial score (nSPS) is 15.9. The number of hydrogen-bond donors (Lipinski definition) is 0. The van der Waals surface area contributed by atoms with Crippen LogP contribution in [0.2, 0.25) is 0 Å². The van der Waals surface area contributed by atoms with Gasteiger partial charge < -0.3 is 4.42 Å². The zero-order valence-electron chi connectivity index (χ0n) is 9.37. The topological polar surface area (TPSA) is 26.0 Å². The van der Waals surface area contributed by atoms with Crippen molar-refractivity contribution in [2.45, 2.75) is 27.2 Å². The third kappa shape index (κ3) is 2.09. The molecule has 78 valence electrons. The Balaban J connectivity index is 2.39. The lowest BCUT2D eigenvalue weighted by Gasteiger charge is -1.92. The Morgan fingerprint density at radius 2 is 2.00 bits per heavy atom. The minimum atomic E-state index is 0.715. The van der Waals surface area contributed by atoms with Crippen LogP contribution < -0.4 is 0 Å². The molecule has 0 saturated heterocycles. The Bertz CT molecular complexity index is 441. The van der Waals surface area contributed by atoms with E-state index in [-0.39, 0.29) is 0 Å². The van der Waals surface area contributed by atoms with E-state index in [9.17, 15) is 0 Å². The third-order valence-electron chi connectivity index (χ3n) is 2.56. The summed E-state index contributed by atoms with van der Waals surface area (Å²) in [6, 6.07) is 0. The lowest BCUT2D eigenvalue weighted by molar-refractivity contribution is 0.513. The average Bonchev–Trinajstić information content (AvgIpc) is 2.41. The molecule has 0 unspecified atom stereocenters. The largest absolute Gasteiger partial charge is 0.441 e. The van der Waals surface area contributed by atoms with Crippen molar-refractivity contribution in [3.63, 3.8) is 0 Å². The summed E-state index contributed by atoms with van der Waals surface area (Å²) in [5.74, 6) is 1.61. The number of nitrogens with zero attached hydrogens (tertiary/aromatic N) is 1. The number of rotatable bonds is 1. The molecule has 2 heteroatoms. The van der Waals surface area contributed by atoms with Gasteiger partial charge in [0.2, 0.25) is 5.89 Å². The van der Waals surface area contributed by atoms with Crippen molar-refractivity contribution in [1.29, 1.82) is 0 Å². The van der Waals surface area contributed by atoms with Crippen LogP contribution in [-0.2, 0) is 0 Å². The highest BCUT2D eigenvalue weighted by Crippen LogP contribution is 2.21. The Morgan fingerprint density at radius 1 is 1.20 bits per heavy atom. The molecule has 2 rings (SSSR count). The standard InChI is InChI=1S/C13H15NO/c1-9-5-4-6-12(8-7-9)13-14-10(2)11(3)15-13/h4,6-8H,5H2,1-3H3. The monoisotopic (exact) mass is 201 g/mol. The van der Waals surface area contributed by atoms with Crippen molar-refractivity contribution in [2.75, 3.05) is 0 Å². The van der Waals surface area contributed by atoms with Gasteiger partial charge in [0.15, 0.2) is 0 Å². The fourth-order valence-corrected chi connectivity index (χ4v) is 1.47. The molecule has 0 atom stereocenters. The van der Waals surface area contributed by atoms with Crippen LogP contribution in [-0.4, -0.2) is 4.98 Å². The smallest absolute Gasteiger partial charge is 0.226 e. The second-order valence-corrected chi connectivity index (χ2v) is 3.90. The summed E-state index contributed by atoms with van der Waals surface area (Å²) < 4.78 is 5.58. The molecule has 0 N–H and O–H groups in total. The Hall–Kier alpha value is -1.57. The number of aryl methyl sites for hydroxylation is 2. The van der Waals surface area contributed by atoms with E-state index in [1.807, 2.05) is 13.8 Å². The average molecular weight is 201 g/mol. The summed E-state index contributed by atoms with van der Waals surface area (Å²) in [6.45, 7) is 6.02. The minimum absolute atomic E-state index is 0.715. The number of oxazole rings is 1. The van der Waals surface area contributed by atoms with Crippen LogP contribution in [0, 0.1) is 13.8 Å². The first kappa shape index (κ1) is 9.97. The summed E-state index contributed by atoms with van der Waals surface area (Å²) in [7, 11) is 0. The Labute approximate surface area is 90.0 Å². The molecule has 1 aliphatic rings. The molecule has 1 heterocycles. The second kappa shape index (κ2) is 3.89. The third-order valence-corrected chi connectivity index (χ3v) is 2.56. The first-order valence-electron chi connectivity index (χ1n) is 5.15. The SMILES string of the molecule is CC1=CC=C(c2nc(C)c(C)o2)C=CC1. The van der Waals surface area contributed by atoms with Gasteiger partial charge >= 0.3 is 0 Å². The highest BCUT2D eigenvalue weighted by Gasteiger charge is 2.08. The van der Waals surface area contributed by atoms with Crippen molar-refractivity contribution in [3.8, 4) is 0 Å². The number of hydrogen-bond acceptors (Lipinski definition) is 2. The molecule has 0 bridgehead atoms. The van der Waals surface area contributed by atoms with Gasteiger partial charge in [0.1, 0.15) is 5.76 Å². The molecule has 1 aromatic heterocycles. The van der Waals surface area contributed by atoms with Gasteiger partial charge in [0.25, 0.3) is 0 Å². The summed E-state index contributed by atoms with van der Waals surface area (Å²) in [4.78, 5) is 4.39. The van der Waals surface area contributed by atoms with Gasteiger partial charge in [-0.25, -0.2) is 4.98 Å². The van der Waals surface area contributed by atoms with E-state index in [1.165, 1.54) is 5.57 Å². The van der Waals surface area contributed by atoms with Gasteiger partial charge in [0, 0.05) is 5.57 Å². The molecule has 0 spiro atoms. The number of allylic oxidation sites excluding steroid dienone is 6. The zero-order valence-corrected chi connectivity index (χ0v) is 9.37. The van der Waals surface area contributed by atoms with Crippen molar-refractivity contribution in [3.05, 3.63) is 47.2 Å². The fourth-order valence-electron chi connectivity index (χ4n) is 1.47. The molecule has 0 fully saturated rings. The van der Waals surface area contributed by atoms with Gasteiger partial charge in [-0.3, -0.25) is 0 Å². The molecule has 1 aromatic rings. The maximum absolute atomic E-state index is 5.58. The molecule has 0 radical (unpaired) electrons. The van der Waals surface area contributed by atoms with Crippen molar-refractivity contribution >= 4 is 5.57 Å². The van der Waals surface area contributed by atoms with Crippen molar-refractivity contribution in [1.82, 2.24) is 4.98 Å². The second-order valence-electron chi connectivity index (χ2n) is 3.90. The molecule has 2 nitrogen and oxygen atoms in total. The van der Waals surface area contributed by atoms with Gasteiger partial charge in [-0.2, -0.15) is 0 Å². The number of aromatic nitrogens is 1. The van der Waals surface area contributed by atoms with Crippen LogP contribution in [0.25, 0.3) is 5.57 Å². The fraction of sp³-hybridized carbons (Fsp3) is 0.308. The molecule has 0 aromatic carbocycles. The van der Waals surface area contributed by atoms with Crippen LogP contribution in [0.4, 0.5) is 0 Å². The lowest BCUT2D eigenvalue weighted by atomic mass is 10.2. The van der Waals surface area contributed by atoms with Gasteiger partial charge in [0.05, 0.1) is 5.69 Å². The highest BCUT2D eigenvalue weighted by atomic mass is 16.4. The summed E-state index contributed by atoms with van der Waals surface area (Å²) in [5.41, 5.74) is 3.36. The van der Waals surface area contributed by atoms with Crippen LogP contribution in [0.1, 0.15) is 30.7 Å².